The molecule has 4 aliphatic carbocycles. The minimum Gasteiger partial charge on any atom is -0.299 e. The van der Waals surface area contributed by atoms with Gasteiger partial charge >= 0.3 is 0 Å². The van der Waals surface area contributed by atoms with Crippen molar-refractivity contribution >= 4 is 11.6 Å². The highest BCUT2D eigenvalue weighted by Gasteiger charge is 2.57. The van der Waals surface area contributed by atoms with E-state index in [9.17, 15) is 9.59 Å². The van der Waals surface area contributed by atoms with E-state index in [4.69, 9.17) is 0 Å². The molecule has 0 heterocycles. The maximum absolute atomic E-state index is 12.3. The van der Waals surface area contributed by atoms with Crippen LogP contribution >= 0.6 is 0 Å². The van der Waals surface area contributed by atoms with Crippen LogP contribution in [0.2, 0.25) is 0 Å². The first-order valence-corrected chi connectivity index (χ1v) is 8.40. The molecular formula is C19H24O2. The first-order valence-electron chi connectivity index (χ1n) is 8.40. The topological polar surface area (TPSA) is 34.1 Å². The van der Waals surface area contributed by atoms with E-state index in [1.165, 1.54) is 5.57 Å². The maximum Gasteiger partial charge on any atom is 0.159 e. The van der Waals surface area contributed by atoms with E-state index < -0.39 is 0 Å². The number of fused-ring (bicyclic) bond motifs is 5. The molecule has 21 heavy (non-hydrogen) atoms. The molecule has 5 unspecified atom stereocenters. The van der Waals surface area contributed by atoms with Crippen molar-refractivity contribution in [2.24, 2.45) is 28.6 Å². The lowest BCUT2D eigenvalue weighted by Crippen LogP contribution is -2.49. The molecule has 0 aromatic rings. The smallest absolute Gasteiger partial charge is 0.159 e. The molecule has 2 saturated carbocycles. The van der Waals surface area contributed by atoms with Gasteiger partial charge in [0.2, 0.25) is 0 Å². The third kappa shape index (κ3) is 1.65. The summed E-state index contributed by atoms with van der Waals surface area (Å²) in [6.45, 7) is 4.53. The summed E-state index contributed by atoms with van der Waals surface area (Å²) in [7, 11) is 0. The van der Waals surface area contributed by atoms with Crippen LogP contribution in [0.5, 0.6) is 0 Å². The molecule has 5 atom stereocenters. The molecule has 0 amide bonds. The molecule has 0 N–H and O–H groups in total. The van der Waals surface area contributed by atoms with Crippen LogP contribution in [0.1, 0.15) is 52.4 Å². The van der Waals surface area contributed by atoms with Gasteiger partial charge in [-0.2, -0.15) is 0 Å². The van der Waals surface area contributed by atoms with E-state index >= 15 is 0 Å². The van der Waals surface area contributed by atoms with Crippen LogP contribution in [0.3, 0.4) is 0 Å². The molecule has 2 nitrogen and oxygen atoms in total. The lowest BCUT2D eigenvalue weighted by atomic mass is 9.49. The molecule has 0 saturated heterocycles. The summed E-state index contributed by atoms with van der Waals surface area (Å²) >= 11 is 0. The summed E-state index contributed by atoms with van der Waals surface area (Å²) in [6.07, 6.45) is 12.0. The van der Waals surface area contributed by atoms with Crippen molar-refractivity contribution in [1.29, 1.82) is 0 Å². The molecule has 4 rings (SSSR count). The Morgan fingerprint density at radius 3 is 2.76 bits per heavy atom. The highest BCUT2D eigenvalue weighted by atomic mass is 16.1. The first-order chi connectivity index (χ1) is 9.95. The number of allylic oxidation sites excluding steroid dienone is 4. The molecule has 0 radical (unpaired) electrons. The van der Waals surface area contributed by atoms with Crippen LogP contribution in [0.25, 0.3) is 0 Å². The second kappa shape index (κ2) is 4.18. The van der Waals surface area contributed by atoms with Crippen molar-refractivity contribution in [3.05, 3.63) is 23.8 Å². The van der Waals surface area contributed by atoms with Gasteiger partial charge in [0, 0.05) is 23.7 Å². The third-order valence-electron chi connectivity index (χ3n) is 7.22. The summed E-state index contributed by atoms with van der Waals surface area (Å²) < 4.78 is 0. The van der Waals surface area contributed by atoms with Crippen molar-refractivity contribution in [1.82, 2.24) is 0 Å². The van der Waals surface area contributed by atoms with Crippen LogP contribution < -0.4 is 0 Å². The zero-order chi connectivity index (χ0) is 14.8. The van der Waals surface area contributed by atoms with E-state index in [-0.39, 0.29) is 16.6 Å². The quantitative estimate of drug-likeness (QED) is 0.633. The second-order valence-corrected chi connectivity index (χ2v) is 8.02. The van der Waals surface area contributed by atoms with Crippen LogP contribution in [0.4, 0.5) is 0 Å². The Bertz CT molecular complexity index is 584. The van der Waals surface area contributed by atoms with Gasteiger partial charge < -0.3 is 0 Å². The lowest BCUT2D eigenvalue weighted by Gasteiger charge is -2.54. The molecule has 2 fully saturated rings. The fourth-order valence-corrected chi connectivity index (χ4v) is 5.87. The van der Waals surface area contributed by atoms with Gasteiger partial charge in [0.1, 0.15) is 5.78 Å². The van der Waals surface area contributed by atoms with Gasteiger partial charge in [0.25, 0.3) is 0 Å². The largest absolute Gasteiger partial charge is 0.299 e. The Morgan fingerprint density at radius 1 is 1.14 bits per heavy atom. The highest BCUT2D eigenvalue weighted by Crippen LogP contribution is 2.62. The number of hydrogen-bond donors (Lipinski definition) is 0. The summed E-state index contributed by atoms with van der Waals surface area (Å²) in [5.74, 6) is 2.55. The SMILES string of the molecule is CC12C=CC(=O)CC1=CCC1C2CCC2(C)C(=O)CCC12. The van der Waals surface area contributed by atoms with E-state index in [1.807, 2.05) is 0 Å². The number of hydrogen-bond acceptors (Lipinski definition) is 2. The van der Waals surface area contributed by atoms with Gasteiger partial charge in [0.15, 0.2) is 5.78 Å². The van der Waals surface area contributed by atoms with Crippen LogP contribution in [0, 0.1) is 28.6 Å². The second-order valence-electron chi connectivity index (χ2n) is 8.02. The number of Topliss-reactive ketones (excluding diaryl/α,β-unsaturated/α-hetero) is 1. The standard InChI is InChI=1S/C19H24O2/c1-18-9-7-13(20)11-12(18)3-4-14-15-5-6-17(21)19(15,2)10-8-16(14)18/h3,7,9,14-16H,4-6,8,10-11H2,1-2H3. The molecule has 112 valence electrons. The monoisotopic (exact) mass is 284 g/mol. The Kier molecular flexibility index (Phi) is 2.68. The Hall–Kier alpha value is -1.18. The minimum absolute atomic E-state index is 0.0585. The number of rotatable bonds is 0. The molecule has 0 aromatic heterocycles. The third-order valence-corrected chi connectivity index (χ3v) is 7.22. The number of carbonyl (C=O) groups is 2. The zero-order valence-corrected chi connectivity index (χ0v) is 13.0. The van der Waals surface area contributed by atoms with Crippen LogP contribution in [0.15, 0.2) is 23.8 Å². The molecule has 0 spiro atoms. The number of ketones is 2. The fraction of sp³-hybridized carbons (Fsp3) is 0.684. The Labute approximate surface area is 126 Å². The van der Waals surface area contributed by atoms with Gasteiger partial charge in [-0.3, -0.25) is 9.59 Å². The molecule has 4 aliphatic rings. The molecule has 2 heteroatoms. The molecule has 0 aliphatic heterocycles. The predicted octanol–water partition coefficient (Wildman–Crippen LogP) is 3.86. The normalized spacial score (nSPS) is 48.5. The van der Waals surface area contributed by atoms with Crippen molar-refractivity contribution < 1.29 is 9.59 Å². The van der Waals surface area contributed by atoms with Gasteiger partial charge in [0.05, 0.1) is 0 Å². The summed E-state index contributed by atoms with van der Waals surface area (Å²) in [5, 5.41) is 0. The average Bonchev–Trinajstić information content (AvgIpc) is 2.76. The van der Waals surface area contributed by atoms with E-state index in [0.29, 0.717) is 30.0 Å². The number of carbonyl (C=O) groups excluding carboxylic acids is 2. The van der Waals surface area contributed by atoms with Crippen molar-refractivity contribution in [3.8, 4) is 0 Å². The highest BCUT2D eigenvalue weighted by molar-refractivity contribution is 5.93. The van der Waals surface area contributed by atoms with Gasteiger partial charge in [-0.05, 0) is 49.5 Å². The Balaban J connectivity index is 1.74. The van der Waals surface area contributed by atoms with Gasteiger partial charge in [-0.15, -0.1) is 0 Å². The van der Waals surface area contributed by atoms with Gasteiger partial charge in [-0.25, -0.2) is 0 Å². The van der Waals surface area contributed by atoms with E-state index in [0.717, 1.165) is 32.1 Å². The van der Waals surface area contributed by atoms with Crippen molar-refractivity contribution in [2.45, 2.75) is 52.4 Å². The predicted molar refractivity (Wildman–Crippen MR) is 81.6 cm³/mol. The summed E-state index contributed by atoms with van der Waals surface area (Å²) in [5.41, 5.74) is 1.34. The van der Waals surface area contributed by atoms with E-state index in [2.05, 4.69) is 26.0 Å². The van der Waals surface area contributed by atoms with Crippen molar-refractivity contribution in [3.63, 3.8) is 0 Å². The molecule has 0 aromatic carbocycles. The van der Waals surface area contributed by atoms with Crippen LogP contribution in [-0.2, 0) is 9.59 Å². The minimum atomic E-state index is -0.0585. The zero-order valence-electron chi connectivity index (χ0n) is 13.0. The Morgan fingerprint density at radius 2 is 1.95 bits per heavy atom. The molecular weight excluding hydrogens is 260 g/mol. The fourth-order valence-electron chi connectivity index (χ4n) is 5.87. The van der Waals surface area contributed by atoms with E-state index in [1.54, 1.807) is 6.08 Å². The summed E-state index contributed by atoms with van der Waals surface area (Å²) in [4.78, 5) is 24.1. The van der Waals surface area contributed by atoms with Gasteiger partial charge in [-0.1, -0.05) is 31.6 Å². The molecule has 0 bridgehead atoms. The van der Waals surface area contributed by atoms with Crippen LogP contribution in [-0.4, -0.2) is 11.6 Å². The summed E-state index contributed by atoms with van der Waals surface area (Å²) in [6, 6.07) is 0. The lowest BCUT2D eigenvalue weighted by molar-refractivity contribution is -0.131. The maximum atomic E-state index is 12.3. The average molecular weight is 284 g/mol. The first kappa shape index (κ1) is 13.5. The van der Waals surface area contributed by atoms with Crippen molar-refractivity contribution in [2.75, 3.05) is 0 Å².